The summed E-state index contributed by atoms with van der Waals surface area (Å²) in [6, 6.07) is 61.1. The monoisotopic (exact) mass is 666 g/mol. The smallest absolute Gasteiger partial charge is 0.0400 e. The van der Waals surface area contributed by atoms with E-state index in [2.05, 4.69) is 190 Å². The van der Waals surface area contributed by atoms with Gasteiger partial charge in [-0.05, 0) is 131 Å². The maximum Gasteiger partial charge on any atom is 0.0400 e. The van der Waals surface area contributed by atoms with Crippen LogP contribution in [0.1, 0.15) is 11.1 Å². The van der Waals surface area contributed by atoms with Gasteiger partial charge in [0.2, 0.25) is 0 Å². The fourth-order valence-corrected chi connectivity index (χ4v) is 5.76. The summed E-state index contributed by atoms with van der Waals surface area (Å²) in [7, 11) is 1.92. The first-order valence-corrected chi connectivity index (χ1v) is 17.3. The number of rotatable bonds is 14. The molecule has 0 aliphatic rings. The lowest BCUT2D eigenvalue weighted by Gasteiger charge is -2.12. The van der Waals surface area contributed by atoms with E-state index in [-0.39, 0.29) is 0 Å². The second kappa shape index (κ2) is 16.2. The molecule has 0 aromatic heterocycles. The molecular weight excluding hydrogens is 625 g/mol. The van der Waals surface area contributed by atoms with Gasteiger partial charge in [0.05, 0.1) is 0 Å². The molecule has 0 radical (unpaired) electrons. The summed E-state index contributed by atoms with van der Waals surface area (Å²) >= 11 is 0. The summed E-state index contributed by atoms with van der Waals surface area (Å²) in [5, 5.41) is 20.6. The van der Waals surface area contributed by atoms with Gasteiger partial charge in [0.1, 0.15) is 0 Å². The Hall–Kier alpha value is -6.66. The molecule has 0 heterocycles. The van der Waals surface area contributed by atoms with Crippen LogP contribution in [0.25, 0.3) is 11.1 Å². The van der Waals surface area contributed by atoms with E-state index < -0.39 is 0 Å². The van der Waals surface area contributed by atoms with Gasteiger partial charge in [0.25, 0.3) is 0 Å². The van der Waals surface area contributed by atoms with Crippen LogP contribution in [0.5, 0.6) is 0 Å². The molecule has 252 valence electrons. The molecule has 51 heavy (non-hydrogen) atoms. The SMILES string of the molecule is CNc1ccc(Nc2ccc(-c3ccc(Nc4ccc(NCc5ccc(CNc6ccc(Nc7ccccc7)cc6)cc5)cc4)cc3)cc2)cc1. The number of nitrogens with one attached hydrogen (secondary N) is 6. The van der Waals surface area contributed by atoms with Gasteiger partial charge in [0, 0.05) is 71.3 Å². The summed E-state index contributed by atoms with van der Waals surface area (Å²) in [6.45, 7) is 1.54. The normalized spacial score (nSPS) is 10.6. The largest absolute Gasteiger partial charge is 0.388 e. The Morgan fingerprint density at radius 2 is 0.588 bits per heavy atom. The maximum absolute atomic E-state index is 3.54. The first-order chi connectivity index (χ1) is 25.1. The summed E-state index contributed by atoms with van der Waals surface area (Å²) < 4.78 is 0. The average molecular weight is 667 g/mol. The molecule has 7 rings (SSSR count). The Balaban J connectivity index is 0.845. The van der Waals surface area contributed by atoms with Gasteiger partial charge in [-0.1, -0.05) is 66.7 Å². The molecule has 0 aliphatic carbocycles. The molecule has 0 bridgehead atoms. The molecule has 7 aromatic rings. The topological polar surface area (TPSA) is 72.2 Å². The molecule has 0 fully saturated rings. The van der Waals surface area contributed by atoms with E-state index in [1.165, 1.54) is 22.3 Å². The molecule has 0 atom stereocenters. The number of para-hydroxylation sites is 1. The van der Waals surface area contributed by atoms with Crippen LogP contribution in [0.15, 0.2) is 176 Å². The third-order valence-electron chi connectivity index (χ3n) is 8.70. The second-order valence-corrected chi connectivity index (χ2v) is 12.4. The van der Waals surface area contributed by atoms with Gasteiger partial charge in [-0.2, -0.15) is 0 Å². The fourth-order valence-electron chi connectivity index (χ4n) is 5.76. The minimum atomic E-state index is 0.763. The van der Waals surface area contributed by atoms with E-state index in [4.69, 9.17) is 0 Å². The van der Waals surface area contributed by atoms with Gasteiger partial charge < -0.3 is 31.9 Å². The Labute approximate surface area is 300 Å². The van der Waals surface area contributed by atoms with E-state index in [0.29, 0.717) is 0 Å². The number of hydrogen-bond donors (Lipinski definition) is 6. The molecule has 6 nitrogen and oxygen atoms in total. The lowest BCUT2D eigenvalue weighted by Crippen LogP contribution is -2.02. The molecule has 0 spiro atoms. The zero-order chi connectivity index (χ0) is 34.7. The van der Waals surface area contributed by atoms with Gasteiger partial charge >= 0.3 is 0 Å². The summed E-state index contributed by atoms with van der Waals surface area (Å²) in [5.41, 5.74) is 14.5. The molecule has 0 aliphatic heterocycles. The van der Waals surface area contributed by atoms with Crippen molar-refractivity contribution in [2.24, 2.45) is 0 Å². The van der Waals surface area contributed by atoms with Crippen molar-refractivity contribution in [3.8, 4) is 11.1 Å². The fraction of sp³-hybridized carbons (Fsp3) is 0.0667. The molecule has 7 aromatic carbocycles. The zero-order valence-electron chi connectivity index (χ0n) is 28.7. The highest BCUT2D eigenvalue weighted by Gasteiger charge is 2.03. The summed E-state index contributed by atoms with van der Waals surface area (Å²) in [4.78, 5) is 0. The van der Waals surface area contributed by atoms with Gasteiger partial charge in [-0.25, -0.2) is 0 Å². The standard InChI is InChI=1S/C45H42N6/c1-46-37-19-25-43(26-20-37)50-41-15-11-35(12-16-41)36-13-17-42(18-14-36)51-45-29-23-39(24-30-45)48-32-34-9-7-33(8-10-34)31-47-38-21-27-44(28-22-38)49-40-5-3-2-4-6-40/h2-30,46-51H,31-32H2,1H3. The molecule has 0 saturated heterocycles. The van der Waals surface area contributed by atoms with Crippen molar-refractivity contribution >= 4 is 51.2 Å². The van der Waals surface area contributed by atoms with E-state index in [1.54, 1.807) is 0 Å². The van der Waals surface area contributed by atoms with E-state index in [0.717, 1.165) is 64.3 Å². The van der Waals surface area contributed by atoms with Crippen molar-refractivity contribution in [2.75, 3.05) is 38.9 Å². The number of benzene rings is 7. The van der Waals surface area contributed by atoms with E-state index >= 15 is 0 Å². The predicted molar refractivity (Wildman–Crippen MR) is 218 cm³/mol. The van der Waals surface area contributed by atoms with Crippen molar-refractivity contribution in [1.82, 2.24) is 0 Å². The molecule has 6 N–H and O–H groups in total. The summed E-state index contributed by atoms with van der Waals surface area (Å²) in [5.74, 6) is 0. The highest BCUT2D eigenvalue weighted by molar-refractivity contribution is 5.72. The molecule has 6 heteroatoms. The quantitative estimate of drug-likeness (QED) is 0.0694. The van der Waals surface area contributed by atoms with Crippen LogP contribution in [0.3, 0.4) is 0 Å². The highest BCUT2D eigenvalue weighted by atomic mass is 14.9. The van der Waals surface area contributed by atoms with E-state index in [9.17, 15) is 0 Å². The average Bonchev–Trinajstić information content (AvgIpc) is 3.19. The van der Waals surface area contributed by atoms with Gasteiger partial charge in [-0.15, -0.1) is 0 Å². The maximum atomic E-state index is 3.54. The Kier molecular flexibility index (Phi) is 10.4. The predicted octanol–water partition coefficient (Wildman–Crippen LogP) is 11.9. The molecule has 0 amide bonds. The van der Waals surface area contributed by atoms with Crippen molar-refractivity contribution in [3.63, 3.8) is 0 Å². The first-order valence-electron chi connectivity index (χ1n) is 17.3. The van der Waals surface area contributed by atoms with Crippen LogP contribution in [0.2, 0.25) is 0 Å². The Morgan fingerprint density at radius 3 is 0.941 bits per heavy atom. The van der Waals surface area contributed by atoms with E-state index in [1.807, 2.05) is 25.2 Å². The van der Waals surface area contributed by atoms with Crippen LogP contribution in [0.4, 0.5) is 51.2 Å². The number of anilines is 9. The second-order valence-electron chi connectivity index (χ2n) is 12.4. The van der Waals surface area contributed by atoms with Crippen molar-refractivity contribution < 1.29 is 0 Å². The zero-order valence-corrected chi connectivity index (χ0v) is 28.7. The summed E-state index contributed by atoms with van der Waals surface area (Å²) in [6.07, 6.45) is 0. The lowest BCUT2D eigenvalue weighted by molar-refractivity contribution is 1.11. The molecule has 0 saturated carbocycles. The van der Waals surface area contributed by atoms with Crippen LogP contribution in [0, 0.1) is 0 Å². The molecule has 0 unspecified atom stereocenters. The number of hydrogen-bond acceptors (Lipinski definition) is 6. The van der Waals surface area contributed by atoms with Crippen molar-refractivity contribution in [2.45, 2.75) is 13.1 Å². The Bertz CT molecular complexity index is 2090. The lowest BCUT2D eigenvalue weighted by atomic mass is 10.0. The van der Waals surface area contributed by atoms with Crippen LogP contribution >= 0.6 is 0 Å². The third kappa shape index (κ3) is 9.28. The van der Waals surface area contributed by atoms with Crippen LogP contribution in [-0.2, 0) is 13.1 Å². The van der Waals surface area contributed by atoms with Crippen molar-refractivity contribution in [1.29, 1.82) is 0 Å². The Morgan fingerprint density at radius 1 is 0.294 bits per heavy atom. The third-order valence-corrected chi connectivity index (χ3v) is 8.70. The van der Waals surface area contributed by atoms with Crippen LogP contribution in [-0.4, -0.2) is 7.05 Å². The van der Waals surface area contributed by atoms with Gasteiger partial charge in [-0.3, -0.25) is 0 Å². The molecular formula is C45H42N6. The van der Waals surface area contributed by atoms with Crippen LogP contribution < -0.4 is 31.9 Å². The highest BCUT2D eigenvalue weighted by Crippen LogP contribution is 2.27. The first kappa shape index (κ1) is 32.9. The minimum Gasteiger partial charge on any atom is -0.388 e. The minimum absolute atomic E-state index is 0.763. The van der Waals surface area contributed by atoms with Crippen molar-refractivity contribution in [3.05, 3.63) is 187 Å². The van der Waals surface area contributed by atoms with Gasteiger partial charge in [0.15, 0.2) is 0 Å².